The Kier molecular flexibility index (Phi) is 3.55. The van der Waals surface area contributed by atoms with Crippen molar-refractivity contribution < 1.29 is 0 Å². The van der Waals surface area contributed by atoms with Crippen LogP contribution in [-0.2, 0) is 6.54 Å². The molecule has 3 aromatic carbocycles. The van der Waals surface area contributed by atoms with Crippen molar-refractivity contribution in [3.63, 3.8) is 0 Å². The van der Waals surface area contributed by atoms with Gasteiger partial charge in [-0.1, -0.05) is 42.5 Å². The molecule has 3 aromatic rings. The number of hydrogen-bond acceptors (Lipinski definition) is 2. The molecular formula is C18H18N2. The minimum absolute atomic E-state index is 0.836. The van der Waals surface area contributed by atoms with Gasteiger partial charge in [0.25, 0.3) is 0 Å². The van der Waals surface area contributed by atoms with E-state index in [4.69, 9.17) is 0 Å². The number of nitrogens with one attached hydrogen (secondary N) is 2. The van der Waals surface area contributed by atoms with Gasteiger partial charge >= 0.3 is 0 Å². The first-order valence-corrected chi connectivity index (χ1v) is 6.84. The van der Waals surface area contributed by atoms with Gasteiger partial charge in [0.05, 0.1) is 0 Å². The number of rotatable bonds is 4. The van der Waals surface area contributed by atoms with E-state index >= 15 is 0 Å². The van der Waals surface area contributed by atoms with Crippen LogP contribution in [0, 0.1) is 0 Å². The van der Waals surface area contributed by atoms with E-state index in [9.17, 15) is 0 Å². The van der Waals surface area contributed by atoms with E-state index in [1.54, 1.807) is 0 Å². The van der Waals surface area contributed by atoms with Crippen LogP contribution in [0.5, 0.6) is 0 Å². The number of benzene rings is 3. The summed E-state index contributed by atoms with van der Waals surface area (Å²) in [4.78, 5) is 0. The summed E-state index contributed by atoms with van der Waals surface area (Å²) in [7, 11) is 1.93. The van der Waals surface area contributed by atoms with Gasteiger partial charge in [0.15, 0.2) is 0 Å². The second kappa shape index (κ2) is 5.66. The molecule has 0 saturated heterocycles. The summed E-state index contributed by atoms with van der Waals surface area (Å²) in [6.07, 6.45) is 0. The lowest BCUT2D eigenvalue weighted by atomic mass is 10.1. The van der Waals surface area contributed by atoms with Crippen LogP contribution < -0.4 is 10.6 Å². The summed E-state index contributed by atoms with van der Waals surface area (Å²) >= 11 is 0. The highest BCUT2D eigenvalue weighted by Gasteiger charge is 1.97. The third-order valence-corrected chi connectivity index (χ3v) is 3.49. The quantitative estimate of drug-likeness (QED) is 0.723. The van der Waals surface area contributed by atoms with Crippen LogP contribution in [0.25, 0.3) is 10.8 Å². The van der Waals surface area contributed by atoms with E-state index in [1.165, 1.54) is 16.3 Å². The Balaban J connectivity index is 1.72. The molecule has 0 atom stereocenters. The van der Waals surface area contributed by atoms with Gasteiger partial charge in [-0.25, -0.2) is 0 Å². The molecule has 100 valence electrons. The van der Waals surface area contributed by atoms with Gasteiger partial charge in [0.1, 0.15) is 0 Å². The van der Waals surface area contributed by atoms with Crippen LogP contribution >= 0.6 is 0 Å². The van der Waals surface area contributed by atoms with Gasteiger partial charge in [-0.2, -0.15) is 0 Å². The van der Waals surface area contributed by atoms with Crippen molar-refractivity contribution in [3.8, 4) is 0 Å². The Morgan fingerprint density at radius 2 is 1.45 bits per heavy atom. The summed E-state index contributed by atoms with van der Waals surface area (Å²) in [5.41, 5.74) is 3.57. The molecule has 0 fully saturated rings. The highest BCUT2D eigenvalue weighted by Crippen LogP contribution is 2.19. The van der Waals surface area contributed by atoms with E-state index in [0.29, 0.717) is 0 Å². The largest absolute Gasteiger partial charge is 0.388 e. The Bertz CT molecular complexity index is 702. The Labute approximate surface area is 119 Å². The minimum atomic E-state index is 0.836. The van der Waals surface area contributed by atoms with Crippen molar-refractivity contribution in [1.29, 1.82) is 0 Å². The zero-order valence-electron chi connectivity index (χ0n) is 11.6. The second-order valence-electron chi connectivity index (χ2n) is 4.86. The molecule has 0 saturated carbocycles. The minimum Gasteiger partial charge on any atom is -0.388 e. The van der Waals surface area contributed by atoms with E-state index in [-0.39, 0.29) is 0 Å². The maximum Gasteiger partial charge on any atom is 0.0400 e. The van der Waals surface area contributed by atoms with Crippen LogP contribution in [0.1, 0.15) is 5.56 Å². The molecule has 0 amide bonds. The van der Waals surface area contributed by atoms with Gasteiger partial charge in [0, 0.05) is 25.0 Å². The Hall–Kier alpha value is -2.48. The highest BCUT2D eigenvalue weighted by atomic mass is 14.9. The predicted molar refractivity (Wildman–Crippen MR) is 87.3 cm³/mol. The van der Waals surface area contributed by atoms with Crippen LogP contribution in [0.2, 0.25) is 0 Å². The third kappa shape index (κ3) is 2.75. The molecule has 0 spiro atoms. The standard InChI is InChI=1S/C18H18N2/c1-19-17-9-6-14(7-10-17)13-20-18-11-8-15-4-2-3-5-16(15)12-18/h2-12,19-20H,13H2,1H3. The first-order chi connectivity index (χ1) is 9.85. The number of hydrogen-bond donors (Lipinski definition) is 2. The molecule has 20 heavy (non-hydrogen) atoms. The van der Waals surface area contributed by atoms with Crippen LogP contribution in [-0.4, -0.2) is 7.05 Å². The maximum absolute atomic E-state index is 3.47. The molecule has 0 aromatic heterocycles. The van der Waals surface area contributed by atoms with Crippen LogP contribution in [0.3, 0.4) is 0 Å². The molecule has 0 aliphatic carbocycles. The fraction of sp³-hybridized carbons (Fsp3) is 0.111. The first kappa shape index (κ1) is 12.5. The van der Waals surface area contributed by atoms with E-state index in [1.807, 2.05) is 7.05 Å². The third-order valence-electron chi connectivity index (χ3n) is 3.49. The molecule has 0 radical (unpaired) electrons. The summed E-state index contributed by atoms with van der Waals surface area (Å²) < 4.78 is 0. The fourth-order valence-corrected chi connectivity index (χ4v) is 2.29. The lowest BCUT2D eigenvalue weighted by molar-refractivity contribution is 1.15. The SMILES string of the molecule is CNc1ccc(CNc2ccc3ccccc3c2)cc1. The number of fused-ring (bicyclic) bond motifs is 1. The normalized spacial score (nSPS) is 10.4. The lowest BCUT2D eigenvalue weighted by Gasteiger charge is -2.08. The van der Waals surface area contributed by atoms with E-state index < -0.39 is 0 Å². The second-order valence-corrected chi connectivity index (χ2v) is 4.86. The Morgan fingerprint density at radius 3 is 2.20 bits per heavy atom. The summed E-state index contributed by atoms with van der Waals surface area (Å²) in [6.45, 7) is 0.836. The molecule has 0 unspecified atom stereocenters. The van der Waals surface area contributed by atoms with Gasteiger partial charge in [-0.3, -0.25) is 0 Å². The molecule has 0 heterocycles. The maximum atomic E-state index is 3.47. The molecule has 2 N–H and O–H groups in total. The highest BCUT2D eigenvalue weighted by molar-refractivity contribution is 5.85. The summed E-state index contributed by atoms with van der Waals surface area (Å²) in [5, 5.41) is 9.14. The molecular weight excluding hydrogens is 244 g/mol. The first-order valence-electron chi connectivity index (χ1n) is 6.84. The molecule has 3 rings (SSSR count). The summed E-state index contributed by atoms with van der Waals surface area (Å²) in [5.74, 6) is 0. The van der Waals surface area contributed by atoms with Gasteiger partial charge in [-0.05, 0) is 40.6 Å². The van der Waals surface area contributed by atoms with Gasteiger partial charge < -0.3 is 10.6 Å². The van der Waals surface area contributed by atoms with Crippen molar-refractivity contribution in [2.75, 3.05) is 17.7 Å². The van der Waals surface area contributed by atoms with Crippen LogP contribution in [0.4, 0.5) is 11.4 Å². The van der Waals surface area contributed by atoms with Crippen LogP contribution in [0.15, 0.2) is 66.7 Å². The molecule has 0 bridgehead atoms. The van der Waals surface area contributed by atoms with Gasteiger partial charge in [-0.15, -0.1) is 0 Å². The Morgan fingerprint density at radius 1 is 0.750 bits per heavy atom. The van der Waals surface area contributed by atoms with E-state index in [0.717, 1.165) is 17.9 Å². The smallest absolute Gasteiger partial charge is 0.0400 e. The number of anilines is 2. The van der Waals surface area contributed by atoms with Crippen molar-refractivity contribution in [2.45, 2.75) is 6.54 Å². The molecule has 0 aliphatic heterocycles. The zero-order chi connectivity index (χ0) is 13.8. The molecule has 0 aliphatic rings. The van der Waals surface area contributed by atoms with Crippen molar-refractivity contribution in [2.24, 2.45) is 0 Å². The van der Waals surface area contributed by atoms with Crippen molar-refractivity contribution >= 4 is 22.1 Å². The molecule has 2 heteroatoms. The van der Waals surface area contributed by atoms with Crippen molar-refractivity contribution in [3.05, 3.63) is 72.3 Å². The average Bonchev–Trinajstić information content (AvgIpc) is 2.53. The van der Waals surface area contributed by atoms with E-state index in [2.05, 4.69) is 77.4 Å². The average molecular weight is 262 g/mol. The zero-order valence-corrected chi connectivity index (χ0v) is 11.6. The topological polar surface area (TPSA) is 24.1 Å². The fourth-order valence-electron chi connectivity index (χ4n) is 2.29. The monoisotopic (exact) mass is 262 g/mol. The lowest BCUT2D eigenvalue weighted by Crippen LogP contribution is -1.99. The predicted octanol–water partition coefficient (Wildman–Crippen LogP) is 4.49. The summed E-state index contributed by atoms with van der Waals surface area (Å²) in [6, 6.07) is 23.4. The van der Waals surface area contributed by atoms with Crippen molar-refractivity contribution in [1.82, 2.24) is 0 Å². The molecule has 2 nitrogen and oxygen atoms in total. The van der Waals surface area contributed by atoms with Gasteiger partial charge in [0.2, 0.25) is 0 Å².